The van der Waals surface area contributed by atoms with Crippen molar-refractivity contribution in [1.29, 1.82) is 5.26 Å². The zero-order valence-corrected chi connectivity index (χ0v) is 9.72. The van der Waals surface area contributed by atoms with E-state index in [9.17, 15) is 13.2 Å². The predicted octanol–water partition coefficient (Wildman–Crippen LogP) is 3.60. The van der Waals surface area contributed by atoms with Crippen molar-refractivity contribution in [2.24, 2.45) is 5.92 Å². The van der Waals surface area contributed by atoms with Crippen LogP contribution in [0, 0.1) is 34.7 Å². The molecule has 0 amide bonds. The molecule has 1 aliphatic carbocycles. The third-order valence-electron chi connectivity index (χ3n) is 3.27. The third-order valence-corrected chi connectivity index (χ3v) is 3.27. The quantitative estimate of drug-likeness (QED) is 0.818. The molecular weight excluding hydrogens is 241 g/mol. The molecule has 96 valence electrons. The number of nitrogens with zero attached hydrogens (tertiary/aromatic N) is 1. The van der Waals surface area contributed by atoms with Gasteiger partial charge in [0.25, 0.3) is 0 Å². The molecule has 1 fully saturated rings. The van der Waals surface area contributed by atoms with Crippen LogP contribution in [0.25, 0.3) is 0 Å². The van der Waals surface area contributed by atoms with Crippen LogP contribution in [-0.4, -0.2) is 6.04 Å². The fourth-order valence-electron chi connectivity index (χ4n) is 2.31. The molecule has 18 heavy (non-hydrogen) atoms. The number of halogens is 3. The first-order valence-electron chi connectivity index (χ1n) is 5.92. The summed E-state index contributed by atoms with van der Waals surface area (Å²) in [6, 6.07) is 3.90. The summed E-state index contributed by atoms with van der Waals surface area (Å²) in [7, 11) is 0. The highest BCUT2D eigenvalue weighted by Gasteiger charge is 2.25. The van der Waals surface area contributed by atoms with E-state index in [0.717, 1.165) is 37.8 Å². The van der Waals surface area contributed by atoms with Gasteiger partial charge < -0.3 is 5.32 Å². The Kier molecular flexibility index (Phi) is 3.75. The number of hydrogen-bond acceptors (Lipinski definition) is 2. The number of nitrogens with one attached hydrogen (secondary N) is 1. The van der Waals surface area contributed by atoms with Gasteiger partial charge in [0.1, 0.15) is 0 Å². The summed E-state index contributed by atoms with van der Waals surface area (Å²) in [5, 5.41) is 11.9. The number of hydrogen-bond donors (Lipinski definition) is 1. The average molecular weight is 254 g/mol. The molecule has 2 atom stereocenters. The second-order valence-corrected chi connectivity index (χ2v) is 4.52. The Balaban J connectivity index is 2.16. The second-order valence-electron chi connectivity index (χ2n) is 4.52. The molecule has 0 aliphatic heterocycles. The Morgan fingerprint density at radius 3 is 2.33 bits per heavy atom. The predicted molar refractivity (Wildman–Crippen MR) is 61.3 cm³/mol. The molecule has 0 spiro atoms. The van der Waals surface area contributed by atoms with Crippen LogP contribution in [-0.2, 0) is 0 Å². The number of rotatable bonds is 2. The second kappa shape index (κ2) is 5.30. The maximum absolute atomic E-state index is 13.1. The molecule has 5 heteroatoms. The van der Waals surface area contributed by atoms with Crippen molar-refractivity contribution in [2.75, 3.05) is 5.32 Å². The summed E-state index contributed by atoms with van der Waals surface area (Å²) in [5.74, 6) is -4.08. The fourth-order valence-corrected chi connectivity index (χ4v) is 2.31. The molecule has 0 radical (unpaired) electrons. The van der Waals surface area contributed by atoms with Crippen molar-refractivity contribution in [1.82, 2.24) is 0 Å². The fraction of sp³-hybridized carbons (Fsp3) is 0.462. The van der Waals surface area contributed by atoms with Gasteiger partial charge in [-0.15, -0.1) is 0 Å². The van der Waals surface area contributed by atoms with Crippen LogP contribution in [0.5, 0.6) is 0 Å². The van der Waals surface area contributed by atoms with Crippen LogP contribution < -0.4 is 5.32 Å². The molecule has 0 heterocycles. The normalized spacial score (nSPS) is 23.4. The van der Waals surface area contributed by atoms with Gasteiger partial charge in [-0.05, 0) is 12.8 Å². The highest BCUT2D eigenvalue weighted by molar-refractivity contribution is 5.45. The third kappa shape index (κ3) is 2.58. The van der Waals surface area contributed by atoms with Gasteiger partial charge in [-0.25, -0.2) is 13.2 Å². The molecule has 1 aromatic rings. The van der Waals surface area contributed by atoms with Crippen molar-refractivity contribution in [3.63, 3.8) is 0 Å². The zero-order valence-electron chi connectivity index (χ0n) is 9.72. The van der Waals surface area contributed by atoms with E-state index >= 15 is 0 Å². The highest BCUT2D eigenvalue weighted by Crippen LogP contribution is 2.27. The van der Waals surface area contributed by atoms with E-state index in [0.29, 0.717) is 0 Å². The van der Waals surface area contributed by atoms with Gasteiger partial charge in [-0.2, -0.15) is 5.26 Å². The molecule has 2 nitrogen and oxygen atoms in total. The van der Waals surface area contributed by atoms with E-state index in [1.54, 1.807) is 0 Å². The smallest absolute Gasteiger partial charge is 0.194 e. The highest BCUT2D eigenvalue weighted by atomic mass is 19.2. The van der Waals surface area contributed by atoms with E-state index in [4.69, 9.17) is 5.26 Å². The molecule has 2 rings (SSSR count). The van der Waals surface area contributed by atoms with Gasteiger partial charge in [0.15, 0.2) is 17.5 Å². The first kappa shape index (κ1) is 12.7. The lowest BCUT2D eigenvalue weighted by Crippen LogP contribution is -2.31. The minimum Gasteiger partial charge on any atom is -0.381 e. The summed E-state index contributed by atoms with van der Waals surface area (Å²) in [4.78, 5) is 0. The maximum Gasteiger partial charge on any atom is 0.194 e. The largest absolute Gasteiger partial charge is 0.381 e. The van der Waals surface area contributed by atoms with Gasteiger partial charge in [0.05, 0.1) is 12.0 Å². The van der Waals surface area contributed by atoms with Crippen molar-refractivity contribution in [2.45, 2.75) is 31.7 Å². The van der Waals surface area contributed by atoms with Crippen LogP contribution in [0.2, 0.25) is 0 Å². The van der Waals surface area contributed by atoms with Gasteiger partial charge in [0, 0.05) is 23.9 Å². The molecule has 1 aliphatic rings. The minimum atomic E-state index is -1.47. The Bertz CT molecular complexity index is 459. The van der Waals surface area contributed by atoms with Gasteiger partial charge in [-0.3, -0.25) is 0 Å². The molecular formula is C13H13F3N2. The average Bonchev–Trinajstić information content (AvgIpc) is 2.36. The Morgan fingerprint density at radius 2 is 1.72 bits per heavy atom. The summed E-state index contributed by atoms with van der Waals surface area (Å²) in [6.07, 6.45) is 3.52. The lowest BCUT2D eigenvalue weighted by molar-refractivity contribution is 0.388. The van der Waals surface area contributed by atoms with Crippen LogP contribution in [0.15, 0.2) is 12.1 Å². The van der Waals surface area contributed by atoms with E-state index in [1.807, 2.05) is 0 Å². The van der Waals surface area contributed by atoms with E-state index in [2.05, 4.69) is 11.4 Å². The van der Waals surface area contributed by atoms with Crippen LogP contribution in [0.3, 0.4) is 0 Å². The topological polar surface area (TPSA) is 35.8 Å². The van der Waals surface area contributed by atoms with E-state index < -0.39 is 17.5 Å². The number of anilines is 1. The molecule has 0 saturated heterocycles. The lowest BCUT2D eigenvalue weighted by Gasteiger charge is -2.28. The molecule has 0 bridgehead atoms. The maximum atomic E-state index is 13.1. The zero-order chi connectivity index (χ0) is 13.1. The standard InChI is InChI=1S/C13H13F3N2/c14-10-5-9(6-11(15)13(10)16)18-12-4-2-1-3-8(12)7-17/h5-6,8,12,18H,1-4H2. The van der Waals surface area contributed by atoms with E-state index in [1.165, 1.54) is 0 Å². The molecule has 1 aromatic carbocycles. The van der Waals surface area contributed by atoms with Gasteiger partial charge in [-0.1, -0.05) is 12.8 Å². The monoisotopic (exact) mass is 254 g/mol. The number of benzene rings is 1. The minimum absolute atomic E-state index is 0.131. The Hall–Kier alpha value is -1.70. The summed E-state index contributed by atoms with van der Waals surface area (Å²) >= 11 is 0. The number of nitriles is 1. The molecule has 1 saturated carbocycles. The van der Waals surface area contributed by atoms with Gasteiger partial charge in [0.2, 0.25) is 0 Å². The van der Waals surface area contributed by atoms with Crippen LogP contribution >= 0.6 is 0 Å². The first-order chi connectivity index (χ1) is 8.61. The SMILES string of the molecule is N#CC1CCCCC1Nc1cc(F)c(F)c(F)c1. The van der Waals surface area contributed by atoms with Crippen LogP contribution in [0.4, 0.5) is 18.9 Å². The van der Waals surface area contributed by atoms with Crippen LogP contribution in [0.1, 0.15) is 25.7 Å². The summed E-state index contributed by atoms with van der Waals surface area (Å²) in [6.45, 7) is 0. The molecule has 0 aromatic heterocycles. The molecule has 1 N–H and O–H groups in total. The summed E-state index contributed by atoms with van der Waals surface area (Å²) < 4.78 is 38.9. The first-order valence-corrected chi connectivity index (χ1v) is 5.92. The van der Waals surface area contributed by atoms with Crippen molar-refractivity contribution in [3.05, 3.63) is 29.6 Å². The van der Waals surface area contributed by atoms with Gasteiger partial charge >= 0.3 is 0 Å². The lowest BCUT2D eigenvalue weighted by atomic mass is 9.85. The van der Waals surface area contributed by atoms with E-state index in [-0.39, 0.29) is 17.6 Å². The van der Waals surface area contributed by atoms with Crippen molar-refractivity contribution in [3.8, 4) is 6.07 Å². The van der Waals surface area contributed by atoms with Crippen molar-refractivity contribution >= 4 is 5.69 Å². The molecule has 2 unspecified atom stereocenters. The van der Waals surface area contributed by atoms with Crippen molar-refractivity contribution < 1.29 is 13.2 Å². The Labute approximate surface area is 103 Å². The Morgan fingerprint density at radius 1 is 1.11 bits per heavy atom. The summed E-state index contributed by atoms with van der Waals surface area (Å²) in [5.41, 5.74) is 0.179.